The van der Waals surface area contributed by atoms with Gasteiger partial charge in [0.05, 0.1) is 9.90 Å². The monoisotopic (exact) mass is 586 g/mol. The molecule has 0 saturated heterocycles. The zero-order chi connectivity index (χ0) is 27.0. The van der Waals surface area contributed by atoms with Gasteiger partial charge in [0.2, 0.25) is 0 Å². The number of benzene rings is 4. The second-order valence-electron chi connectivity index (χ2n) is 9.91. The molecule has 8 rings (SSSR count). The van der Waals surface area contributed by atoms with Crippen molar-refractivity contribution in [2.24, 2.45) is 0 Å². The molecule has 190 valence electrons. The third kappa shape index (κ3) is 3.74. The molecule has 0 unspecified atom stereocenters. The van der Waals surface area contributed by atoms with Crippen LogP contribution in [0.25, 0.3) is 72.7 Å². The maximum atomic E-state index is 7.03. The predicted molar refractivity (Wildman–Crippen MR) is 176 cm³/mol. The van der Waals surface area contributed by atoms with Gasteiger partial charge in [0.1, 0.15) is 5.58 Å². The Labute approximate surface area is 247 Å². The van der Waals surface area contributed by atoms with Gasteiger partial charge in [-0.05, 0) is 83.2 Å². The second kappa shape index (κ2) is 9.09. The smallest absolute Gasteiger partial charge is 0.154 e. The minimum Gasteiger partial charge on any atom is -0.454 e. The fourth-order valence-corrected chi connectivity index (χ4v) is 9.16. The van der Waals surface area contributed by atoms with Crippen LogP contribution in [0.3, 0.4) is 0 Å². The first-order chi connectivity index (χ1) is 19.6. The molecule has 4 aromatic carbocycles. The molecule has 0 spiro atoms. The van der Waals surface area contributed by atoms with Gasteiger partial charge < -0.3 is 4.42 Å². The molecule has 1 nitrogen and oxygen atoms in total. The van der Waals surface area contributed by atoms with Crippen molar-refractivity contribution in [2.75, 3.05) is 0 Å². The normalized spacial score (nSPS) is 11.7. The van der Waals surface area contributed by atoms with Gasteiger partial charge in [-0.2, -0.15) is 0 Å². The highest BCUT2D eigenvalue weighted by Gasteiger charge is 2.26. The van der Waals surface area contributed by atoms with Crippen molar-refractivity contribution in [3.63, 3.8) is 0 Å². The molecule has 0 aliphatic rings. The summed E-state index contributed by atoms with van der Waals surface area (Å²) in [6.07, 6.45) is 5.72. The van der Waals surface area contributed by atoms with E-state index in [1.807, 2.05) is 18.2 Å². The molecule has 0 saturated carbocycles. The van der Waals surface area contributed by atoms with Crippen molar-refractivity contribution in [3.05, 3.63) is 107 Å². The lowest BCUT2D eigenvalue weighted by Crippen LogP contribution is -1.81. The Morgan fingerprint density at radius 2 is 1.35 bits per heavy atom. The predicted octanol–water partition coefficient (Wildman–Crippen LogP) is 12.0. The third-order valence-corrected chi connectivity index (χ3v) is 11.0. The van der Waals surface area contributed by atoms with Crippen LogP contribution in [0.2, 0.25) is 5.02 Å². The molecule has 0 fully saturated rings. The lowest BCUT2D eigenvalue weighted by molar-refractivity contribution is 0.634. The van der Waals surface area contributed by atoms with Gasteiger partial charge in [0, 0.05) is 45.9 Å². The van der Waals surface area contributed by atoms with Crippen LogP contribution in [-0.4, -0.2) is 0 Å². The summed E-state index contributed by atoms with van der Waals surface area (Å²) in [6.45, 7) is 2.13. The summed E-state index contributed by atoms with van der Waals surface area (Å²) < 4.78 is 10.4. The number of furan rings is 1. The maximum Gasteiger partial charge on any atom is 0.154 e. The average molecular weight is 587 g/mol. The lowest BCUT2D eigenvalue weighted by Gasteiger charge is -2.06. The van der Waals surface area contributed by atoms with E-state index in [-0.39, 0.29) is 0 Å². The van der Waals surface area contributed by atoms with Gasteiger partial charge in [-0.1, -0.05) is 53.9 Å². The summed E-state index contributed by atoms with van der Waals surface area (Å²) >= 11 is 12.3. The van der Waals surface area contributed by atoms with Crippen LogP contribution >= 0.6 is 45.6 Å². The molecule has 0 aliphatic heterocycles. The molecule has 0 N–H and O–H groups in total. The van der Waals surface area contributed by atoms with E-state index in [9.17, 15) is 0 Å². The zero-order valence-corrected chi connectivity index (χ0v) is 24.5. The first kappa shape index (κ1) is 24.0. The number of hydrogen-bond acceptors (Lipinski definition) is 4. The highest BCUT2D eigenvalue weighted by atomic mass is 35.5. The number of hydrogen-bond donors (Lipinski definition) is 0. The fourth-order valence-electron chi connectivity index (χ4n) is 5.41. The summed E-state index contributed by atoms with van der Waals surface area (Å²) in [5.74, 6) is 3.65. The second-order valence-corrected chi connectivity index (χ2v) is 13.6. The molecule has 8 aromatic rings. The third-order valence-electron chi connectivity index (χ3n) is 7.31. The highest BCUT2D eigenvalue weighted by molar-refractivity contribution is 7.23. The van der Waals surface area contributed by atoms with E-state index in [0.717, 1.165) is 63.2 Å². The van der Waals surface area contributed by atoms with E-state index in [1.54, 1.807) is 34.0 Å². The molecule has 4 aromatic heterocycles. The maximum absolute atomic E-state index is 7.03. The van der Waals surface area contributed by atoms with Crippen LogP contribution in [-0.2, 0) is 0 Å². The number of rotatable bonds is 3. The lowest BCUT2D eigenvalue weighted by atomic mass is 10.0. The van der Waals surface area contributed by atoms with Gasteiger partial charge in [-0.3, -0.25) is 0 Å². The molecule has 0 amide bonds. The molecule has 0 atom stereocenters. The Morgan fingerprint density at radius 3 is 2.17 bits per heavy atom. The minimum absolute atomic E-state index is 0.718. The van der Waals surface area contributed by atoms with Crippen molar-refractivity contribution in [1.82, 2.24) is 0 Å². The molecule has 5 heteroatoms. The summed E-state index contributed by atoms with van der Waals surface area (Å²) in [7, 11) is 0. The van der Waals surface area contributed by atoms with E-state index in [1.165, 1.54) is 25.7 Å². The van der Waals surface area contributed by atoms with Crippen LogP contribution in [0, 0.1) is 19.3 Å². The van der Waals surface area contributed by atoms with Gasteiger partial charge in [0.15, 0.2) is 5.76 Å². The molecular formula is C35H19ClOS3. The fraction of sp³-hybridized carbons (Fsp3) is 0.0286. The highest BCUT2D eigenvalue weighted by Crippen LogP contribution is 2.52. The Bertz CT molecular complexity index is 2290. The standard InChI is InChI=1S/C35H19ClOS3/c1-3-20-9-11-23-17-30(39-28(23)15-20)34-33-25(37-35(34)31-18-22-10-8-19(2)14-27(22)40-31)13-12-24(36)32(33)29-16-21-6-4-5-7-26(21)38-29/h1,4-18H,2H3. The Morgan fingerprint density at radius 1 is 0.675 bits per heavy atom. The van der Waals surface area contributed by atoms with E-state index in [4.69, 9.17) is 22.4 Å². The SMILES string of the molecule is C#Cc1ccc2cc(-c3c(-c4cc5ccc(C)cc5s4)oc4ccc(Cl)c(-c5cc6ccccc6s5)c34)sc2c1. The molecule has 40 heavy (non-hydrogen) atoms. The van der Waals surface area contributed by atoms with E-state index < -0.39 is 0 Å². The number of thiophene rings is 3. The summed E-state index contributed by atoms with van der Waals surface area (Å²) in [5, 5.41) is 5.36. The Balaban J connectivity index is 1.48. The van der Waals surface area contributed by atoms with Gasteiger partial charge in [0.25, 0.3) is 0 Å². The Kier molecular flexibility index (Phi) is 5.45. The van der Waals surface area contributed by atoms with Crippen molar-refractivity contribution in [2.45, 2.75) is 6.92 Å². The number of aryl methyl sites for hydroxylation is 1. The molecular weight excluding hydrogens is 568 g/mol. The minimum atomic E-state index is 0.718. The van der Waals surface area contributed by atoms with Crippen LogP contribution < -0.4 is 0 Å². The molecule has 0 bridgehead atoms. The Hall–Kier alpha value is -3.85. The van der Waals surface area contributed by atoms with Gasteiger partial charge in [-0.25, -0.2) is 0 Å². The van der Waals surface area contributed by atoms with Gasteiger partial charge >= 0.3 is 0 Å². The summed E-state index contributed by atoms with van der Waals surface area (Å²) in [5.41, 5.74) is 5.06. The van der Waals surface area contributed by atoms with Crippen LogP contribution in [0.4, 0.5) is 0 Å². The quantitative estimate of drug-likeness (QED) is 0.188. The first-order valence-electron chi connectivity index (χ1n) is 12.8. The van der Waals surface area contributed by atoms with Crippen molar-refractivity contribution >= 4 is 86.8 Å². The van der Waals surface area contributed by atoms with Crippen LogP contribution in [0.15, 0.2) is 95.4 Å². The van der Waals surface area contributed by atoms with Gasteiger partial charge in [-0.15, -0.1) is 40.4 Å². The van der Waals surface area contributed by atoms with E-state index in [0.29, 0.717) is 0 Å². The summed E-state index contributed by atoms with van der Waals surface area (Å²) in [6, 6.07) is 31.9. The molecule has 4 heterocycles. The number of halogens is 1. The zero-order valence-electron chi connectivity index (χ0n) is 21.2. The number of fused-ring (bicyclic) bond motifs is 4. The topological polar surface area (TPSA) is 13.1 Å². The van der Waals surface area contributed by atoms with Crippen LogP contribution in [0.5, 0.6) is 0 Å². The summed E-state index contributed by atoms with van der Waals surface area (Å²) in [4.78, 5) is 3.37. The largest absolute Gasteiger partial charge is 0.454 e. The molecule has 0 radical (unpaired) electrons. The van der Waals surface area contributed by atoms with E-state index in [2.05, 4.69) is 85.6 Å². The average Bonchev–Trinajstić information content (AvgIpc) is 3.74. The van der Waals surface area contributed by atoms with Crippen LogP contribution in [0.1, 0.15) is 11.1 Å². The van der Waals surface area contributed by atoms with Crippen molar-refractivity contribution in [1.29, 1.82) is 0 Å². The number of terminal acetylenes is 1. The van der Waals surface area contributed by atoms with Crippen molar-refractivity contribution < 1.29 is 4.42 Å². The molecule has 0 aliphatic carbocycles. The van der Waals surface area contributed by atoms with E-state index >= 15 is 0 Å². The van der Waals surface area contributed by atoms with Crippen molar-refractivity contribution in [3.8, 4) is 43.9 Å². The first-order valence-corrected chi connectivity index (χ1v) is 15.6.